The molecule has 1 amide bonds. The van der Waals surface area contributed by atoms with Gasteiger partial charge in [0.1, 0.15) is 17.1 Å². The van der Waals surface area contributed by atoms with Crippen molar-refractivity contribution in [2.75, 3.05) is 6.54 Å². The number of alkyl halides is 3. The first kappa shape index (κ1) is 15.6. The molecule has 2 aromatic rings. The molecule has 124 valence electrons. The summed E-state index contributed by atoms with van der Waals surface area (Å²) < 4.78 is 44.2. The largest absolute Gasteiger partial charge is 0.435 e. The van der Waals surface area contributed by atoms with Gasteiger partial charge in [0.15, 0.2) is 5.69 Å². The van der Waals surface area contributed by atoms with Gasteiger partial charge in [-0.1, -0.05) is 5.16 Å². The molecule has 0 radical (unpaired) electrons. The molecule has 1 aliphatic heterocycles. The van der Waals surface area contributed by atoms with Crippen molar-refractivity contribution in [1.82, 2.24) is 19.8 Å². The van der Waals surface area contributed by atoms with Crippen molar-refractivity contribution < 1.29 is 22.5 Å². The van der Waals surface area contributed by atoms with Crippen LogP contribution >= 0.6 is 0 Å². The molecule has 2 aromatic heterocycles. The second-order valence-electron chi connectivity index (χ2n) is 5.56. The number of halogens is 3. The summed E-state index contributed by atoms with van der Waals surface area (Å²) in [6.45, 7) is 2.20. The summed E-state index contributed by atoms with van der Waals surface area (Å²) in [7, 11) is 1.33. The molecule has 1 aliphatic rings. The van der Waals surface area contributed by atoms with E-state index in [9.17, 15) is 18.0 Å². The summed E-state index contributed by atoms with van der Waals surface area (Å²) in [5.41, 5.74) is -0.549. The summed E-state index contributed by atoms with van der Waals surface area (Å²) in [5, 5.41) is 7.31. The maximum Gasteiger partial charge on any atom is 0.435 e. The van der Waals surface area contributed by atoms with Crippen molar-refractivity contribution in [3.05, 3.63) is 35.0 Å². The summed E-state index contributed by atoms with van der Waals surface area (Å²) in [6.07, 6.45) is -3.13. The molecule has 6 nitrogen and oxygen atoms in total. The van der Waals surface area contributed by atoms with E-state index < -0.39 is 17.8 Å². The van der Waals surface area contributed by atoms with Crippen LogP contribution in [0.1, 0.15) is 46.5 Å². The van der Waals surface area contributed by atoms with Crippen LogP contribution < -0.4 is 0 Å². The molecule has 1 saturated heterocycles. The Labute approximate surface area is 129 Å². The SMILES string of the molecule is Cc1cc([C@H]2CCCN2C(=O)c2cc(C(F)(F)F)nn2C)no1. The van der Waals surface area contributed by atoms with Gasteiger partial charge in [0.2, 0.25) is 0 Å². The molecule has 1 atom stereocenters. The zero-order valence-electron chi connectivity index (χ0n) is 12.6. The first-order valence-corrected chi connectivity index (χ1v) is 7.13. The minimum absolute atomic E-state index is 0.0931. The van der Waals surface area contributed by atoms with Crippen LogP contribution in [0.25, 0.3) is 0 Å². The fraction of sp³-hybridized carbons (Fsp3) is 0.500. The molecule has 0 saturated carbocycles. The maximum absolute atomic E-state index is 12.7. The number of aryl methyl sites for hydroxylation is 2. The number of hydrogen-bond donors (Lipinski definition) is 0. The first-order chi connectivity index (χ1) is 10.8. The predicted molar refractivity (Wildman–Crippen MR) is 72.5 cm³/mol. The minimum Gasteiger partial charge on any atom is -0.361 e. The molecule has 1 fully saturated rings. The fourth-order valence-electron chi connectivity index (χ4n) is 2.81. The van der Waals surface area contributed by atoms with E-state index in [1.165, 1.54) is 11.9 Å². The molecule has 0 N–H and O–H groups in total. The van der Waals surface area contributed by atoms with Crippen LogP contribution in [-0.2, 0) is 13.2 Å². The number of nitrogens with zero attached hydrogens (tertiary/aromatic N) is 4. The van der Waals surface area contributed by atoms with E-state index in [-0.39, 0.29) is 11.7 Å². The Hall–Kier alpha value is -2.32. The Morgan fingerprint density at radius 3 is 2.70 bits per heavy atom. The van der Waals surface area contributed by atoms with Crippen LogP contribution in [0.4, 0.5) is 13.2 Å². The van der Waals surface area contributed by atoms with Gasteiger partial charge in [-0.05, 0) is 19.8 Å². The Morgan fingerprint density at radius 2 is 2.13 bits per heavy atom. The van der Waals surface area contributed by atoms with Crippen molar-refractivity contribution in [1.29, 1.82) is 0 Å². The third kappa shape index (κ3) is 2.82. The average molecular weight is 328 g/mol. The Balaban J connectivity index is 1.89. The zero-order chi connectivity index (χ0) is 16.8. The van der Waals surface area contributed by atoms with Gasteiger partial charge in [0, 0.05) is 25.7 Å². The molecule has 3 rings (SSSR count). The molecule has 0 bridgehead atoms. The normalized spacial score (nSPS) is 18.7. The number of likely N-dealkylation sites (tertiary alicyclic amines) is 1. The van der Waals surface area contributed by atoms with Gasteiger partial charge in [-0.15, -0.1) is 0 Å². The van der Waals surface area contributed by atoms with Crippen molar-refractivity contribution in [2.45, 2.75) is 32.0 Å². The molecule has 9 heteroatoms. The highest BCUT2D eigenvalue weighted by atomic mass is 19.4. The number of carbonyl (C=O) groups excluding carboxylic acids is 1. The van der Waals surface area contributed by atoms with Crippen LogP contribution in [-0.4, -0.2) is 32.3 Å². The third-order valence-corrected chi connectivity index (χ3v) is 3.89. The van der Waals surface area contributed by atoms with Gasteiger partial charge >= 0.3 is 6.18 Å². The van der Waals surface area contributed by atoms with Gasteiger partial charge in [-0.3, -0.25) is 9.48 Å². The van der Waals surface area contributed by atoms with E-state index in [0.29, 0.717) is 24.4 Å². The van der Waals surface area contributed by atoms with Gasteiger partial charge in [-0.25, -0.2) is 0 Å². The molecule has 23 heavy (non-hydrogen) atoms. The van der Waals surface area contributed by atoms with Gasteiger partial charge < -0.3 is 9.42 Å². The molecule has 3 heterocycles. The van der Waals surface area contributed by atoms with Crippen LogP contribution in [0.15, 0.2) is 16.7 Å². The summed E-state index contributed by atoms with van der Waals surface area (Å²) in [5.74, 6) is 0.137. The van der Waals surface area contributed by atoms with Gasteiger partial charge in [-0.2, -0.15) is 18.3 Å². The predicted octanol–water partition coefficient (Wildman–Crippen LogP) is 2.71. The van der Waals surface area contributed by atoms with E-state index in [4.69, 9.17) is 4.52 Å². The molecular formula is C14H15F3N4O2. The van der Waals surface area contributed by atoms with Gasteiger partial charge in [0.05, 0.1) is 6.04 Å². The highest BCUT2D eigenvalue weighted by Crippen LogP contribution is 2.34. The molecule has 0 spiro atoms. The topological polar surface area (TPSA) is 64.2 Å². The first-order valence-electron chi connectivity index (χ1n) is 7.13. The lowest BCUT2D eigenvalue weighted by atomic mass is 10.1. The van der Waals surface area contributed by atoms with Crippen LogP contribution in [0.5, 0.6) is 0 Å². The Kier molecular flexibility index (Phi) is 3.65. The van der Waals surface area contributed by atoms with E-state index in [1.807, 2.05) is 0 Å². The number of hydrogen-bond acceptors (Lipinski definition) is 4. The molecule has 0 aliphatic carbocycles. The zero-order valence-corrected chi connectivity index (χ0v) is 12.6. The monoisotopic (exact) mass is 328 g/mol. The van der Waals surface area contributed by atoms with Crippen LogP contribution in [0.2, 0.25) is 0 Å². The molecule has 0 unspecified atom stereocenters. The van der Waals surface area contributed by atoms with Crippen molar-refractivity contribution in [2.24, 2.45) is 7.05 Å². The van der Waals surface area contributed by atoms with E-state index >= 15 is 0 Å². The molecular weight excluding hydrogens is 313 g/mol. The number of carbonyl (C=O) groups is 1. The minimum atomic E-state index is -4.58. The smallest absolute Gasteiger partial charge is 0.361 e. The standard InChI is InChI=1S/C14H15F3N4O2/c1-8-6-9(19-23-8)10-4-3-5-21(10)13(22)11-7-12(14(15,16)17)18-20(11)2/h6-7,10H,3-5H2,1-2H3/t10-/m1/s1. The number of amides is 1. The Bertz CT molecular complexity index is 735. The highest BCUT2D eigenvalue weighted by Gasteiger charge is 2.38. The fourth-order valence-corrected chi connectivity index (χ4v) is 2.81. The third-order valence-electron chi connectivity index (χ3n) is 3.89. The second kappa shape index (κ2) is 5.39. The molecule has 0 aromatic carbocycles. The number of rotatable bonds is 2. The summed E-state index contributed by atoms with van der Waals surface area (Å²) in [4.78, 5) is 14.2. The van der Waals surface area contributed by atoms with E-state index in [0.717, 1.165) is 17.2 Å². The average Bonchev–Trinajstić information content (AvgIpc) is 3.15. The second-order valence-corrected chi connectivity index (χ2v) is 5.56. The lowest BCUT2D eigenvalue weighted by molar-refractivity contribution is -0.141. The maximum atomic E-state index is 12.7. The summed E-state index contributed by atoms with van der Waals surface area (Å²) in [6, 6.07) is 2.23. The van der Waals surface area contributed by atoms with Gasteiger partial charge in [0.25, 0.3) is 5.91 Å². The van der Waals surface area contributed by atoms with Crippen molar-refractivity contribution in [3.8, 4) is 0 Å². The van der Waals surface area contributed by atoms with Crippen molar-refractivity contribution in [3.63, 3.8) is 0 Å². The lowest BCUT2D eigenvalue weighted by Gasteiger charge is -2.22. The van der Waals surface area contributed by atoms with E-state index in [1.54, 1.807) is 13.0 Å². The Morgan fingerprint density at radius 1 is 1.39 bits per heavy atom. The highest BCUT2D eigenvalue weighted by molar-refractivity contribution is 5.93. The lowest BCUT2D eigenvalue weighted by Crippen LogP contribution is -2.32. The van der Waals surface area contributed by atoms with Crippen LogP contribution in [0.3, 0.4) is 0 Å². The summed E-state index contributed by atoms with van der Waals surface area (Å²) >= 11 is 0. The van der Waals surface area contributed by atoms with E-state index in [2.05, 4.69) is 10.3 Å². The number of aromatic nitrogens is 3. The quantitative estimate of drug-likeness (QED) is 0.850. The van der Waals surface area contributed by atoms with Crippen LogP contribution in [0, 0.1) is 6.92 Å². The van der Waals surface area contributed by atoms with Crippen molar-refractivity contribution >= 4 is 5.91 Å².